The second kappa shape index (κ2) is 9.16. The molecule has 0 aliphatic heterocycles. The van der Waals surface area contributed by atoms with Crippen LogP contribution in [0.4, 0.5) is 11.4 Å². The van der Waals surface area contributed by atoms with Gasteiger partial charge in [0.15, 0.2) is 4.80 Å². The zero-order valence-electron chi connectivity index (χ0n) is 18.5. The molecule has 0 spiro atoms. The van der Waals surface area contributed by atoms with Crippen molar-refractivity contribution in [3.63, 3.8) is 0 Å². The smallest absolute Gasteiger partial charge is 0.269 e. The molecule has 166 valence electrons. The first-order chi connectivity index (χ1) is 16.1. The van der Waals surface area contributed by atoms with Crippen molar-refractivity contribution in [3.8, 4) is 11.3 Å². The Morgan fingerprint density at radius 2 is 1.82 bits per heavy atom. The van der Waals surface area contributed by atoms with Crippen molar-refractivity contribution in [1.82, 2.24) is 4.57 Å². The Morgan fingerprint density at radius 1 is 1.06 bits per heavy atom. The zero-order valence-corrected chi connectivity index (χ0v) is 19.3. The highest BCUT2D eigenvalue weighted by molar-refractivity contribution is 7.07. The van der Waals surface area contributed by atoms with Crippen LogP contribution < -0.4 is 4.80 Å². The van der Waals surface area contributed by atoms with Crippen molar-refractivity contribution in [2.24, 2.45) is 4.99 Å². The van der Waals surface area contributed by atoms with Gasteiger partial charge in [0, 0.05) is 17.5 Å². The van der Waals surface area contributed by atoms with Crippen LogP contribution in [0.25, 0.3) is 11.3 Å². The Labute approximate surface area is 196 Å². The Hall–Kier alpha value is -3.51. The van der Waals surface area contributed by atoms with Crippen LogP contribution in [-0.2, 0) is 12.8 Å². The molecule has 5 rings (SSSR count). The van der Waals surface area contributed by atoms with Gasteiger partial charge >= 0.3 is 0 Å². The fourth-order valence-electron chi connectivity index (χ4n) is 4.58. The zero-order chi connectivity index (χ0) is 22.8. The van der Waals surface area contributed by atoms with E-state index in [-0.39, 0.29) is 16.7 Å². The second-order valence-electron chi connectivity index (χ2n) is 8.32. The van der Waals surface area contributed by atoms with Crippen LogP contribution in [-0.4, -0.2) is 9.49 Å². The van der Waals surface area contributed by atoms with Gasteiger partial charge in [0.05, 0.1) is 22.3 Å². The van der Waals surface area contributed by atoms with Crippen molar-refractivity contribution < 1.29 is 4.92 Å². The van der Waals surface area contributed by atoms with Crippen LogP contribution >= 0.6 is 11.3 Å². The summed E-state index contributed by atoms with van der Waals surface area (Å²) in [7, 11) is 0. The minimum Gasteiger partial charge on any atom is -0.309 e. The molecule has 1 aliphatic rings. The number of benzene rings is 3. The predicted octanol–water partition coefficient (Wildman–Crippen LogP) is 6.85. The van der Waals surface area contributed by atoms with E-state index in [1.807, 2.05) is 12.1 Å². The number of hydrogen-bond acceptors (Lipinski definition) is 4. The maximum atomic E-state index is 11.1. The van der Waals surface area contributed by atoms with E-state index in [1.54, 1.807) is 23.5 Å². The van der Waals surface area contributed by atoms with Crippen LogP contribution in [0.5, 0.6) is 0 Å². The first-order valence-corrected chi connectivity index (χ1v) is 12.2. The lowest BCUT2D eigenvalue weighted by Crippen LogP contribution is -2.26. The van der Waals surface area contributed by atoms with E-state index in [2.05, 4.69) is 65.4 Å². The molecule has 33 heavy (non-hydrogen) atoms. The molecule has 1 atom stereocenters. The normalized spacial score (nSPS) is 15.9. The second-order valence-corrected chi connectivity index (χ2v) is 9.15. The molecule has 0 amide bonds. The number of rotatable bonds is 5. The number of nitrogens with zero attached hydrogens (tertiary/aromatic N) is 3. The highest BCUT2D eigenvalue weighted by Gasteiger charge is 2.25. The number of thiazole rings is 1. The lowest BCUT2D eigenvalue weighted by molar-refractivity contribution is -0.384. The molecule has 1 aliphatic carbocycles. The van der Waals surface area contributed by atoms with Gasteiger partial charge < -0.3 is 4.57 Å². The molecule has 5 nitrogen and oxygen atoms in total. The van der Waals surface area contributed by atoms with Crippen LogP contribution in [0.15, 0.2) is 83.2 Å². The number of hydrogen-bond donors (Lipinski definition) is 0. The largest absolute Gasteiger partial charge is 0.309 e. The van der Waals surface area contributed by atoms with Gasteiger partial charge in [-0.15, -0.1) is 11.3 Å². The molecule has 0 fully saturated rings. The third-order valence-corrected chi connectivity index (χ3v) is 7.17. The van der Waals surface area contributed by atoms with E-state index in [1.165, 1.54) is 16.7 Å². The third-order valence-electron chi connectivity index (χ3n) is 6.33. The summed E-state index contributed by atoms with van der Waals surface area (Å²) in [6.07, 6.45) is 4.25. The fraction of sp³-hybridized carbons (Fsp3) is 0.222. The fourth-order valence-corrected chi connectivity index (χ4v) is 5.54. The molecule has 0 saturated carbocycles. The first kappa shape index (κ1) is 21.3. The van der Waals surface area contributed by atoms with E-state index in [9.17, 15) is 10.1 Å². The summed E-state index contributed by atoms with van der Waals surface area (Å²) in [5, 5.41) is 13.3. The first-order valence-electron chi connectivity index (χ1n) is 11.3. The Morgan fingerprint density at radius 3 is 2.55 bits per heavy atom. The van der Waals surface area contributed by atoms with Crippen molar-refractivity contribution >= 4 is 22.7 Å². The predicted molar refractivity (Wildman–Crippen MR) is 133 cm³/mol. The monoisotopic (exact) mass is 455 g/mol. The third kappa shape index (κ3) is 4.26. The van der Waals surface area contributed by atoms with Crippen molar-refractivity contribution in [2.45, 2.75) is 38.6 Å². The highest BCUT2D eigenvalue weighted by Crippen LogP contribution is 2.36. The Kier molecular flexibility index (Phi) is 5.92. The molecule has 1 aromatic heterocycles. The summed E-state index contributed by atoms with van der Waals surface area (Å²) in [4.78, 5) is 16.8. The summed E-state index contributed by atoms with van der Waals surface area (Å²) in [5.41, 5.74) is 7.06. The molecular weight excluding hydrogens is 430 g/mol. The summed E-state index contributed by atoms with van der Waals surface area (Å²) in [6, 6.07) is 24.1. The maximum absolute atomic E-state index is 11.1. The lowest BCUT2D eigenvalue weighted by atomic mass is 9.87. The van der Waals surface area contributed by atoms with Gasteiger partial charge in [0.1, 0.15) is 0 Å². The molecule has 6 heteroatoms. The van der Waals surface area contributed by atoms with E-state index >= 15 is 0 Å². The average molecular weight is 456 g/mol. The van der Waals surface area contributed by atoms with Crippen LogP contribution in [0.1, 0.15) is 42.5 Å². The Bertz CT molecular complexity index is 1350. The number of non-ortho nitro benzene ring substituents is 1. The molecule has 3 aromatic carbocycles. The summed E-state index contributed by atoms with van der Waals surface area (Å²) < 4.78 is 2.33. The van der Waals surface area contributed by atoms with E-state index < -0.39 is 0 Å². The van der Waals surface area contributed by atoms with Crippen molar-refractivity contribution in [3.05, 3.63) is 110 Å². The van der Waals surface area contributed by atoms with E-state index in [0.717, 1.165) is 47.4 Å². The van der Waals surface area contributed by atoms with Gasteiger partial charge in [0.25, 0.3) is 5.69 Å². The highest BCUT2D eigenvalue weighted by atomic mass is 32.1. The number of aromatic nitrogens is 1. The molecule has 1 heterocycles. The number of nitro groups is 1. The Balaban J connectivity index is 1.68. The van der Waals surface area contributed by atoms with Gasteiger partial charge in [-0.1, -0.05) is 43.3 Å². The average Bonchev–Trinajstić information content (AvgIpc) is 3.27. The van der Waals surface area contributed by atoms with Crippen LogP contribution in [0.3, 0.4) is 0 Å². The van der Waals surface area contributed by atoms with Crippen molar-refractivity contribution in [2.75, 3.05) is 0 Å². The van der Waals surface area contributed by atoms with E-state index in [0.29, 0.717) is 0 Å². The maximum Gasteiger partial charge on any atom is 0.269 e. The van der Waals surface area contributed by atoms with Crippen LogP contribution in [0.2, 0.25) is 0 Å². The summed E-state index contributed by atoms with van der Waals surface area (Å²) in [5.74, 6) is 0. The quantitative estimate of drug-likeness (QED) is 0.244. The van der Waals surface area contributed by atoms with Crippen LogP contribution in [0, 0.1) is 10.1 Å². The molecule has 0 saturated heterocycles. The van der Waals surface area contributed by atoms with Gasteiger partial charge in [0.2, 0.25) is 0 Å². The number of aryl methyl sites for hydroxylation is 2. The minimum atomic E-state index is -0.358. The molecule has 4 aromatic rings. The molecule has 0 N–H and O–H groups in total. The standard InChI is InChI=1S/C27H25N3O2S/c1-2-19-10-14-22(15-11-19)28-27-29(25-9-5-7-20-6-3-4-8-24(20)25)26(18-33-27)21-12-16-23(17-13-21)30(31)32/h3-4,6,8,10-18,25H,2,5,7,9H2,1H3. The van der Waals surface area contributed by atoms with Gasteiger partial charge in [-0.05, 0) is 72.2 Å². The number of nitro benzene ring substituents is 1. The van der Waals surface area contributed by atoms with Crippen molar-refractivity contribution in [1.29, 1.82) is 0 Å². The number of fused-ring (bicyclic) bond motifs is 1. The van der Waals surface area contributed by atoms with Gasteiger partial charge in [-0.25, -0.2) is 4.99 Å². The molecule has 1 unspecified atom stereocenters. The molecule has 0 bridgehead atoms. The summed E-state index contributed by atoms with van der Waals surface area (Å²) >= 11 is 1.62. The lowest BCUT2D eigenvalue weighted by Gasteiger charge is -2.28. The molecule has 0 radical (unpaired) electrons. The minimum absolute atomic E-state index is 0.101. The van der Waals surface area contributed by atoms with Gasteiger partial charge in [-0.3, -0.25) is 10.1 Å². The SMILES string of the molecule is CCc1ccc(N=c2scc(-c3ccc([N+](=O)[O-])cc3)n2C2CCCc3ccccc32)cc1. The topological polar surface area (TPSA) is 60.4 Å². The molecular formula is C27H25N3O2S. The summed E-state index contributed by atoms with van der Waals surface area (Å²) in [6.45, 7) is 2.15. The van der Waals surface area contributed by atoms with Gasteiger partial charge in [-0.2, -0.15) is 0 Å². The van der Waals surface area contributed by atoms with E-state index in [4.69, 9.17) is 4.99 Å².